The molecule has 0 spiro atoms. The van der Waals surface area contributed by atoms with Gasteiger partial charge in [-0.3, -0.25) is 9.69 Å². The van der Waals surface area contributed by atoms with Crippen LogP contribution in [-0.4, -0.2) is 61.1 Å². The number of ether oxygens (including phenoxy) is 1. The van der Waals surface area contributed by atoms with E-state index >= 15 is 0 Å². The third-order valence-corrected chi connectivity index (χ3v) is 6.51. The van der Waals surface area contributed by atoms with E-state index in [0.717, 1.165) is 5.56 Å². The van der Waals surface area contributed by atoms with Crippen LogP contribution in [0.3, 0.4) is 0 Å². The summed E-state index contributed by atoms with van der Waals surface area (Å²) in [4.78, 5) is 16.6. The first-order valence-electron chi connectivity index (χ1n) is 11.1. The molecule has 2 heterocycles. The SMILES string of the molecule is O=C(c1cc(C(F)(F)F)cc(C(F)(F)F)c1)N1CC[C@H](N2CCOCC2)[C@H](c2ccc(F)cc2)C1. The van der Waals surface area contributed by atoms with Crippen molar-refractivity contribution in [2.24, 2.45) is 0 Å². The number of piperidine rings is 1. The van der Waals surface area contributed by atoms with Crippen LogP contribution in [0.25, 0.3) is 0 Å². The van der Waals surface area contributed by atoms with Crippen LogP contribution in [-0.2, 0) is 17.1 Å². The van der Waals surface area contributed by atoms with Gasteiger partial charge in [-0.1, -0.05) is 12.1 Å². The number of likely N-dealkylation sites (tertiary alicyclic amines) is 1. The van der Waals surface area contributed by atoms with Gasteiger partial charge in [-0.2, -0.15) is 26.3 Å². The molecule has 0 unspecified atom stereocenters. The van der Waals surface area contributed by atoms with Gasteiger partial charge in [0.15, 0.2) is 0 Å². The van der Waals surface area contributed by atoms with Gasteiger partial charge < -0.3 is 9.64 Å². The van der Waals surface area contributed by atoms with E-state index in [4.69, 9.17) is 4.74 Å². The van der Waals surface area contributed by atoms with Crippen molar-refractivity contribution in [3.05, 3.63) is 70.5 Å². The number of hydrogen-bond acceptors (Lipinski definition) is 3. The van der Waals surface area contributed by atoms with Gasteiger partial charge in [0.25, 0.3) is 5.91 Å². The Hall–Kier alpha value is -2.66. The predicted octanol–water partition coefficient (Wildman–Crippen LogP) is 5.19. The van der Waals surface area contributed by atoms with Crippen molar-refractivity contribution in [2.45, 2.75) is 30.7 Å². The van der Waals surface area contributed by atoms with E-state index in [9.17, 15) is 35.5 Å². The van der Waals surface area contributed by atoms with Gasteiger partial charge in [-0.25, -0.2) is 4.39 Å². The molecule has 0 radical (unpaired) electrons. The Labute approximate surface area is 197 Å². The normalized spacial score (nSPS) is 22.3. The maximum atomic E-state index is 13.5. The van der Waals surface area contributed by atoms with Crippen LogP contribution in [0.15, 0.2) is 42.5 Å². The Kier molecular flexibility index (Phi) is 7.10. The number of carbonyl (C=O) groups is 1. The predicted molar refractivity (Wildman–Crippen MR) is 112 cm³/mol. The molecule has 2 aliphatic heterocycles. The number of alkyl halides is 6. The van der Waals surface area contributed by atoms with Crippen LogP contribution in [0.1, 0.15) is 39.4 Å². The van der Waals surface area contributed by atoms with Crippen molar-refractivity contribution in [1.82, 2.24) is 9.80 Å². The van der Waals surface area contributed by atoms with E-state index in [1.807, 2.05) is 0 Å². The first-order chi connectivity index (χ1) is 16.4. The highest BCUT2D eigenvalue weighted by molar-refractivity contribution is 5.95. The summed E-state index contributed by atoms with van der Waals surface area (Å²) in [5, 5.41) is 0. The standard InChI is InChI=1S/C24H23F7N2O2/c25-19-3-1-15(2-4-19)20-14-33(6-5-21(20)32-7-9-35-10-8-32)22(34)16-11-17(23(26,27)28)13-18(12-16)24(29,30)31/h1-4,11-13,20-21H,5-10,14H2/t20-,21-/m0/s1. The average Bonchev–Trinajstić information content (AvgIpc) is 2.83. The van der Waals surface area contributed by atoms with Gasteiger partial charge in [-0.05, 0) is 42.3 Å². The third-order valence-electron chi connectivity index (χ3n) is 6.51. The molecule has 2 aromatic carbocycles. The Morgan fingerprint density at radius 1 is 0.857 bits per heavy atom. The molecule has 0 aliphatic carbocycles. The molecule has 4 rings (SSSR count). The van der Waals surface area contributed by atoms with Crippen molar-refractivity contribution >= 4 is 5.91 Å². The lowest BCUT2D eigenvalue weighted by Crippen LogP contribution is -2.54. The molecule has 35 heavy (non-hydrogen) atoms. The monoisotopic (exact) mass is 504 g/mol. The molecular formula is C24H23F7N2O2. The van der Waals surface area contributed by atoms with E-state index in [2.05, 4.69) is 4.90 Å². The smallest absolute Gasteiger partial charge is 0.379 e. The number of amides is 1. The Morgan fingerprint density at radius 3 is 1.97 bits per heavy atom. The summed E-state index contributed by atoms with van der Waals surface area (Å²) in [7, 11) is 0. The molecule has 0 bridgehead atoms. The molecule has 190 valence electrons. The van der Waals surface area contributed by atoms with Crippen LogP contribution >= 0.6 is 0 Å². The molecule has 2 saturated heterocycles. The summed E-state index contributed by atoms with van der Waals surface area (Å²) in [6.07, 6.45) is -9.63. The molecule has 0 N–H and O–H groups in total. The summed E-state index contributed by atoms with van der Waals surface area (Å²) in [5.74, 6) is -1.66. The highest BCUT2D eigenvalue weighted by Gasteiger charge is 2.40. The molecule has 2 atom stereocenters. The Balaban J connectivity index is 1.65. The molecule has 4 nitrogen and oxygen atoms in total. The van der Waals surface area contributed by atoms with Gasteiger partial charge in [-0.15, -0.1) is 0 Å². The van der Waals surface area contributed by atoms with Gasteiger partial charge in [0, 0.05) is 43.7 Å². The van der Waals surface area contributed by atoms with Gasteiger partial charge >= 0.3 is 12.4 Å². The van der Waals surface area contributed by atoms with E-state index < -0.39 is 40.8 Å². The molecule has 1 amide bonds. The summed E-state index contributed by atoms with van der Waals surface area (Å²) in [6, 6.07) is 6.63. The van der Waals surface area contributed by atoms with Crippen LogP contribution in [0.4, 0.5) is 30.7 Å². The molecular weight excluding hydrogens is 481 g/mol. The van der Waals surface area contributed by atoms with Gasteiger partial charge in [0.2, 0.25) is 0 Å². The first-order valence-corrected chi connectivity index (χ1v) is 11.1. The fourth-order valence-electron chi connectivity index (χ4n) is 4.77. The van der Waals surface area contributed by atoms with Crippen molar-refractivity contribution in [2.75, 3.05) is 39.4 Å². The van der Waals surface area contributed by atoms with Crippen LogP contribution in [0.5, 0.6) is 0 Å². The Morgan fingerprint density at radius 2 is 1.43 bits per heavy atom. The van der Waals surface area contributed by atoms with Gasteiger partial charge in [0.1, 0.15) is 5.82 Å². The van der Waals surface area contributed by atoms with E-state index in [1.165, 1.54) is 17.0 Å². The number of carbonyl (C=O) groups excluding carboxylic acids is 1. The maximum Gasteiger partial charge on any atom is 0.416 e. The zero-order valence-corrected chi connectivity index (χ0v) is 18.5. The Bertz CT molecular complexity index is 1020. The highest BCUT2D eigenvalue weighted by atomic mass is 19.4. The summed E-state index contributed by atoms with van der Waals surface area (Å²) in [5.41, 5.74) is -3.00. The molecule has 2 aromatic rings. The summed E-state index contributed by atoms with van der Waals surface area (Å²) in [6.45, 7) is 2.59. The third kappa shape index (κ3) is 5.78. The quantitative estimate of drug-likeness (QED) is 0.540. The van der Waals surface area contributed by atoms with Gasteiger partial charge in [0.05, 0.1) is 24.3 Å². The van der Waals surface area contributed by atoms with Crippen LogP contribution in [0.2, 0.25) is 0 Å². The molecule has 0 saturated carbocycles. The number of benzene rings is 2. The highest BCUT2D eigenvalue weighted by Crippen LogP contribution is 2.37. The molecule has 2 aliphatic rings. The van der Waals surface area contributed by atoms with Crippen LogP contribution < -0.4 is 0 Å². The number of rotatable bonds is 3. The summed E-state index contributed by atoms with van der Waals surface area (Å²) >= 11 is 0. The largest absolute Gasteiger partial charge is 0.416 e. The maximum absolute atomic E-state index is 13.5. The fraction of sp³-hybridized carbons (Fsp3) is 0.458. The lowest BCUT2D eigenvalue weighted by molar-refractivity contribution is -0.143. The second-order valence-electron chi connectivity index (χ2n) is 8.71. The van der Waals surface area contributed by atoms with Crippen LogP contribution in [0, 0.1) is 5.82 Å². The average molecular weight is 504 g/mol. The number of halogens is 7. The van der Waals surface area contributed by atoms with Crippen molar-refractivity contribution in [3.63, 3.8) is 0 Å². The minimum absolute atomic E-state index is 0.00274. The van der Waals surface area contributed by atoms with E-state index in [-0.39, 0.29) is 31.1 Å². The number of nitrogens with zero attached hydrogens (tertiary/aromatic N) is 2. The second-order valence-corrected chi connectivity index (χ2v) is 8.71. The summed E-state index contributed by atoms with van der Waals surface area (Å²) < 4.78 is 98.6. The lowest BCUT2D eigenvalue weighted by atomic mass is 9.84. The fourth-order valence-corrected chi connectivity index (χ4v) is 4.77. The first kappa shape index (κ1) is 25.4. The topological polar surface area (TPSA) is 32.8 Å². The molecule has 0 aromatic heterocycles. The zero-order chi connectivity index (χ0) is 25.4. The lowest BCUT2D eigenvalue weighted by Gasteiger charge is -2.45. The van der Waals surface area contributed by atoms with Crippen molar-refractivity contribution in [1.29, 1.82) is 0 Å². The number of morpholine rings is 1. The number of hydrogen-bond donors (Lipinski definition) is 0. The van der Waals surface area contributed by atoms with E-state index in [1.54, 1.807) is 12.1 Å². The van der Waals surface area contributed by atoms with Crippen molar-refractivity contribution < 1.29 is 40.3 Å². The molecule has 2 fully saturated rings. The minimum Gasteiger partial charge on any atom is -0.379 e. The zero-order valence-electron chi connectivity index (χ0n) is 18.5. The molecule has 11 heteroatoms. The second kappa shape index (κ2) is 9.77. The van der Waals surface area contributed by atoms with Crippen molar-refractivity contribution in [3.8, 4) is 0 Å². The van der Waals surface area contributed by atoms with E-state index in [0.29, 0.717) is 44.9 Å². The minimum atomic E-state index is -5.05.